The van der Waals surface area contributed by atoms with Gasteiger partial charge in [-0.2, -0.15) is 11.8 Å². The van der Waals surface area contributed by atoms with E-state index in [0.717, 1.165) is 18.4 Å². The second kappa shape index (κ2) is 3.46. The van der Waals surface area contributed by atoms with Gasteiger partial charge in [-0.25, -0.2) is 9.97 Å². The maximum absolute atomic E-state index is 10.6. The van der Waals surface area contributed by atoms with E-state index in [1.54, 1.807) is 12.4 Å². The summed E-state index contributed by atoms with van der Waals surface area (Å²) in [6, 6.07) is 0. The van der Waals surface area contributed by atoms with Gasteiger partial charge in [0.2, 0.25) is 0 Å². The molecule has 3 rings (SSSR count). The Morgan fingerprint density at radius 3 is 2.40 bits per heavy atom. The molecule has 1 aromatic heterocycles. The standard InChI is InChI=1S/C11H14N2OS/c14-11(8-5-12-7-13-6-8)3-9-1-2-10(4-11)15-9/h5-7,9-10,14H,1-4H2. The Labute approximate surface area is 93.3 Å². The second-order valence-electron chi connectivity index (χ2n) is 4.52. The summed E-state index contributed by atoms with van der Waals surface area (Å²) in [5, 5.41) is 11.9. The fourth-order valence-electron chi connectivity index (χ4n) is 2.69. The molecule has 1 aromatic rings. The van der Waals surface area contributed by atoms with E-state index < -0.39 is 5.60 Å². The van der Waals surface area contributed by atoms with Crippen LogP contribution in [0.2, 0.25) is 0 Å². The van der Waals surface area contributed by atoms with Gasteiger partial charge in [0.25, 0.3) is 0 Å². The van der Waals surface area contributed by atoms with Crippen LogP contribution in [0.25, 0.3) is 0 Å². The molecule has 1 N–H and O–H groups in total. The number of hydrogen-bond donors (Lipinski definition) is 1. The van der Waals surface area contributed by atoms with Gasteiger partial charge in [0.15, 0.2) is 0 Å². The maximum atomic E-state index is 10.6. The Kier molecular flexibility index (Phi) is 2.21. The van der Waals surface area contributed by atoms with E-state index >= 15 is 0 Å². The average Bonchev–Trinajstić information content (AvgIpc) is 2.60. The minimum atomic E-state index is -0.668. The summed E-state index contributed by atoms with van der Waals surface area (Å²) in [5.41, 5.74) is 0.223. The first kappa shape index (κ1) is 9.60. The molecule has 0 spiro atoms. The summed E-state index contributed by atoms with van der Waals surface area (Å²) in [6.45, 7) is 0. The lowest BCUT2D eigenvalue weighted by atomic mass is 9.88. The number of hydrogen-bond acceptors (Lipinski definition) is 4. The van der Waals surface area contributed by atoms with Crippen LogP contribution in [-0.2, 0) is 5.60 Å². The Balaban J connectivity index is 1.91. The highest BCUT2D eigenvalue weighted by atomic mass is 32.2. The molecule has 3 heterocycles. The number of aromatic nitrogens is 2. The third-order valence-electron chi connectivity index (χ3n) is 3.42. The molecule has 2 saturated heterocycles. The van der Waals surface area contributed by atoms with Gasteiger partial charge in [-0.15, -0.1) is 0 Å². The minimum absolute atomic E-state index is 0.633. The van der Waals surface area contributed by atoms with Crippen molar-refractivity contribution < 1.29 is 5.11 Å². The van der Waals surface area contributed by atoms with Gasteiger partial charge in [-0.1, -0.05) is 0 Å². The summed E-state index contributed by atoms with van der Waals surface area (Å²) >= 11 is 2.05. The molecular formula is C11H14N2OS. The van der Waals surface area contributed by atoms with Gasteiger partial charge in [0.1, 0.15) is 6.33 Å². The van der Waals surface area contributed by atoms with Crippen molar-refractivity contribution in [3.05, 3.63) is 24.3 Å². The van der Waals surface area contributed by atoms with E-state index in [1.165, 1.54) is 19.2 Å². The van der Waals surface area contributed by atoms with Crippen molar-refractivity contribution in [2.24, 2.45) is 0 Å². The van der Waals surface area contributed by atoms with Gasteiger partial charge >= 0.3 is 0 Å². The third kappa shape index (κ3) is 1.66. The molecule has 15 heavy (non-hydrogen) atoms. The molecule has 0 amide bonds. The topological polar surface area (TPSA) is 46.0 Å². The molecule has 80 valence electrons. The molecule has 4 heteroatoms. The van der Waals surface area contributed by atoms with Crippen molar-refractivity contribution in [2.75, 3.05) is 0 Å². The van der Waals surface area contributed by atoms with Crippen molar-refractivity contribution in [2.45, 2.75) is 41.8 Å². The van der Waals surface area contributed by atoms with Crippen LogP contribution in [0.4, 0.5) is 0 Å². The molecule has 0 aromatic carbocycles. The zero-order valence-corrected chi connectivity index (χ0v) is 9.28. The average molecular weight is 222 g/mol. The zero-order chi connectivity index (χ0) is 10.3. The third-order valence-corrected chi connectivity index (χ3v) is 5.00. The van der Waals surface area contributed by atoms with Crippen LogP contribution in [0, 0.1) is 0 Å². The van der Waals surface area contributed by atoms with Crippen LogP contribution in [0.5, 0.6) is 0 Å². The SMILES string of the molecule is OC1(c2cncnc2)CC2CCC(C1)S2. The zero-order valence-electron chi connectivity index (χ0n) is 8.47. The van der Waals surface area contributed by atoms with Crippen LogP contribution in [0.3, 0.4) is 0 Å². The highest BCUT2D eigenvalue weighted by Crippen LogP contribution is 2.50. The van der Waals surface area contributed by atoms with Crippen LogP contribution in [0.15, 0.2) is 18.7 Å². The number of thioether (sulfide) groups is 1. The van der Waals surface area contributed by atoms with Crippen molar-refractivity contribution in [1.82, 2.24) is 9.97 Å². The number of fused-ring (bicyclic) bond motifs is 2. The van der Waals surface area contributed by atoms with Gasteiger partial charge in [0, 0.05) is 28.5 Å². The molecule has 2 atom stereocenters. The molecule has 2 unspecified atom stereocenters. The highest BCUT2D eigenvalue weighted by molar-refractivity contribution is 8.00. The minimum Gasteiger partial charge on any atom is -0.385 e. The van der Waals surface area contributed by atoms with Crippen LogP contribution in [0.1, 0.15) is 31.2 Å². The Bertz CT molecular complexity index is 345. The number of rotatable bonds is 1. The second-order valence-corrected chi connectivity index (χ2v) is 6.13. The molecular weight excluding hydrogens is 208 g/mol. The molecule has 2 fully saturated rings. The van der Waals surface area contributed by atoms with Crippen molar-refractivity contribution in [3.8, 4) is 0 Å². The van der Waals surface area contributed by atoms with E-state index in [9.17, 15) is 5.11 Å². The molecule has 0 aliphatic carbocycles. The first-order valence-corrected chi connectivity index (χ1v) is 6.34. The maximum Gasteiger partial charge on any atom is 0.115 e. The van der Waals surface area contributed by atoms with E-state index in [4.69, 9.17) is 0 Å². The van der Waals surface area contributed by atoms with Crippen LogP contribution in [-0.4, -0.2) is 25.6 Å². The normalized spacial score (nSPS) is 39.3. The van der Waals surface area contributed by atoms with E-state index in [0.29, 0.717) is 10.5 Å². The fourth-order valence-corrected chi connectivity index (χ4v) is 4.52. The first-order chi connectivity index (χ1) is 7.26. The predicted octanol–water partition coefficient (Wildman–Crippen LogP) is 1.72. The van der Waals surface area contributed by atoms with Crippen molar-refractivity contribution in [3.63, 3.8) is 0 Å². The number of nitrogens with zero attached hydrogens (tertiary/aromatic N) is 2. The summed E-state index contributed by atoms with van der Waals surface area (Å²) in [6.07, 6.45) is 9.25. The Hall–Kier alpha value is -0.610. The first-order valence-electron chi connectivity index (χ1n) is 5.40. The van der Waals surface area contributed by atoms with E-state index in [1.807, 2.05) is 11.8 Å². The quantitative estimate of drug-likeness (QED) is 0.786. The summed E-state index contributed by atoms with van der Waals surface area (Å²) in [4.78, 5) is 8.00. The summed E-state index contributed by atoms with van der Waals surface area (Å²) < 4.78 is 0. The summed E-state index contributed by atoms with van der Waals surface area (Å²) in [7, 11) is 0. The van der Waals surface area contributed by atoms with E-state index in [2.05, 4.69) is 9.97 Å². The lowest BCUT2D eigenvalue weighted by Crippen LogP contribution is -2.34. The van der Waals surface area contributed by atoms with E-state index in [-0.39, 0.29) is 0 Å². The summed E-state index contributed by atoms with van der Waals surface area (Å²) in [5.74, 6) is 0. The van der Waals surface area contributed by atoms with Crippen LogP contribution >= 0.6 is 11.8 Å². The fraction of sp³-hybridized carbons (Fsp3) is 0.636. The lowest BCUT2D eigenvalue weighted by Gasteiger charge is -2.35. The highest BCUT2D eigenvalue weighted by Gasteiger charge is 2.44. The molecule has 0 saturated carbocycles. The van der Waals surface area contributed by atoms with Gasteiger partial charge < -0.3 is 5.11 Å². The smallest absolute Gasteiger partial charge is 0.115 e. The lowest BCUT2D eigenvalue weighted by molar-refractivity contribution is 0.0189. The molecule has 3 nitrogen and oxygen atoms in total. The molecule has 0 radical (unpaired) electrons. The van der Waals surface area contributed by atoms with Gasteiger partial charge in [-0.3, -0.25) is 0 Å². The Morgan fingerprint density at radius 1 is 1.20 bits per heavy atom. The van der Waals surface area contributed by atoms with Crippen molar-refractivity contribution >= 4 is 11.8 Å². The Morgan fingerprint density at radius 2 is 1.80 bits per heavy atom. The van der Waals surface area contributed by atoms with Crippen molar-refractivity contribution in [1.29, 1.82) is 0 Å². The molecule has 2 aliphatic heterocycles. The molecule has 2 aliphatic rings. The van der Waals surface area contributed by atoms with Gasteiger partial charge in [0.05, 0.1) is 5.60 Å². The van der Waals surface area contributed by atoms with Crippen LogP contribution < -0.4 is 0 Å². The number of aliphatic hydroxyl groups is 1. The van der Waals surface area contributed by atoms with Gasteiger partial charge in [-0.05, 0) is 25.7 Å². The monoisotopic (exact) mass is 222 g/mol. The molecule has 2 bridgehead atoms. The largest absolute Gasteiger partial charge is 0.385 e. The predicted molar refractivity (Wildman–Crippen MR) is 59.6 cm³/mol.